The summed E-state index contributed by atoms with van der Waals surface area (Å²) in [6.45, 7) is 6.07. The van der Waals surface area contributed by atoms with Gasteiger partial charge in [0, 0.05) is 17.3 Å². The molecule has 1 nitrogen and oxygen atoms in total. The largest absolute Gasteiger partial charge is 0.261 e. The molecule has 74 valence electrons. The van der Waals surface area contributed by atoms with Crippen molar-refractivity contribution in [2.75, 3.05) is 0 Å². The van der Waals surface area contributed by atoms with Crippen molar-refractivity contribution in [3.8, 4) is 0 Å². The summed E-state index contributed by atoms with van der Waals surface area (Å²) in [5, 5.41) is 0. The molecule has 1 aliphatic carbocycles. The van der Waals surface area contributed by atoms with Crippen LogP contribution in [-0.4, -0.2) is 5.71 Å². The van der Waals surface area contributed by atoms with Gasteiger partial charge in [-0.2, -0.15) is 0 Å². The molecule has 0 N–H and O–H groups in total. The Hall–Kier alpha value is -1.11. The summed E-state index contributed by atoms with van der Waals surface area (Å²) in [5.41, 5.74) is 2.72. The Morgan fingerprint density at radius 3 is 3.00 bits per heavy atom. The molecule has 1 heteroatoms. The highest BCUT2D eigenvalue weighted by molar-refractivity contribution is 6.01. The van der Waals surface area contributed by atoms with E-state index >= 15 is 0 Å². The van der Waals surface area contributed by atoms with Crippen LogP contribution >= 0.6 is 0 Å². The molecule has 0 saturated heterocycles. The third-order valence-electron chi connectivity index (χ3n) is 3.07. The van der Waals surface area contributed by atoms with Crippen molar-refractivity contribution in [3.63, 3.8) is 0 Å². The Labute approximate surface area is 85.9 Å². The summed E-state index contributed by atoms with van der Waals surface area (Å²) in [7, 11) is 0. The second-order valence-electron chi connectivity index (χ2n) is 4.34. The number of allylic oxidation sites excluding steroid dienone is 4. The van der Waals surface area contributed by atoms with Crippen LogP contribution in [0, 0.1) is 5.41 Å². The van der Waals surface area contributed by atoms with E-state index in [-0.39, 0.29) is 5.41 Å². The van der Waals surface area contributed by atoms with Crippen molar-refractivity contribution in [3.05, 3.63) is 36.6 Å². The first-order valence-electron chi connectivity index (χ1n) is 5.34. The maximum atomic E-state index is 4.51. The Morgan fingerprint density at radius 1 is 1.43 bits per heavy atom. The Balaban J connectivity index is 2.37. The summed E-state index contributed by atoms with van der Waals surface area (Å²) in [4.78, 5) is 4.51. The first kappa shape index (κ1) is 9.45. The average Bonchev–Trinajstić information content (AvgIpc) is 2.37. The summed E-state index contributed by atoms with van der Waals surface area (Å²) in [6, 6.07) is 0. The van der Waals surface area contributed by atoms with Crippen molar-refractivity contribution < 1.29 is 0 Å². The molecule has 0 amide bonds. The maximum Gasteiger partial charge on any atom is 0.0432 e. The number of hydrogen-bond donors (Lipinski definition) is 0. The van der Waals surface area contributed by atoms with Gasteiger partial charge < -0.3 is 0 Å². The van der Waals surface area contributed by atoms with Gasteiger partial charge in [0.05, 0.1) is 0 Å². The van der Waals surface area contributed by atoms with Crippen LogP contribution < -0.4 is 0 Å². The van der Waals surface area contributed by atoms with E-state index in [0.717, 1.165) is 6.42 Å². The van der Waals surface area contributed by atoms with E-state index in [1.165, 1.54) is 30.5 Å². The molecule has 1 fully saturated rings. The lowest BCUT2D eigenvalue weighted by Crippen LogP contribution is -2.12. The highest BCUT2D eigenvalue weighted by Crippen LogP contribution is 2.31. The van der Waals surface area contributed by atoms with Crippen LogP contribution in [0.15, 0.2) is 41.6 Å². The zero-order valence-electron chi connectivity index (χ0n) is 8.79. The topological polar surface area (TPSA) is 12.4 Å². The van der Waals surface area contributed by atoms with Gasteiger partial charge in [-0.1, -0.05) is 18.2 Å². The zero-order valence-corrected chi connectivity index (χ0v) is 8.79. The first-order valence-corrected chi connectivity index (χ1v) is 5.34. The molecule has 1 aliphatic heterocycles. The summed E-state index contributed by atoms with van der Waals surface area (Å²) in [6.07, 6.45) is 13.3. The predicted octanol–water partition coefficient (Wildman–Crippen LogP) is 3.65. The monoisotopic (exact) mass is 187 g/mol. The fourth-order valence-electron chi connectivity index (χ4n) is 2.05. The van der Waals surface area contributed by atoms with Gasteiger partial charge in [-0.15, -0.1) is 6.58 Å². The molecule has 1 unspecified atom stereocenters. The van der Waals surface area contributed by atoms with Crippen molar-refractivity contribution in [2.24, 2.45) is 10.4 Å². The van der Waals surface area contributed by atoms with E-state index in [0.29, 0.717) is 0 Å². The normalized spacial score (nSPS) is 31.2. The molecule has 1 saturated carbocycles. The summed E-state index contributed by atoms with van der Waals surface area (Å²) < 4.78 is 0. The quantitative estimate of drug-likeness (QED) is 0.556. The van der Waals surface area contributed by atoms with Crippen molar-refractivity contribution >= 4 is 5.71 Å². The SMILES string of the molecule is C=CC1(C)C=CN=C2CCCCC2=C1. The van der Waals surface area contributed by atoms with Crippen LogP contribution in [0.25, 0.3) is 0 Å². The van der Waals surface area contributed by atoms with Gasteiger partial charge in [0.1, 0.15) is 0 Å². The van der Waals surface area contributed by atoms with Gasteiger partial charge in [-0.25, -0.2) is 0 Å². The van der Waals surface area contributed by atoms with Crippen molar-refractivity contribution in [1.29, 1.82) is 0 Å². The van der Waals surface area contributed by atoms with Crippen LogP contribution in [-0.2, 0) is 0 Å². The standard InChI is InChI=1S/C13H17N/c1-3-13(2)8-9-14-12-7-5-4-6-11(12)10-13/h3,8-10H,1,4-7H2,2H3. The number of rotatable bonds is 1. The lowest BCUT2D eigenvalue weighted by molar-refractivity contribution is 0.689. The van der Waals surface area contributed by atoms with E-state index in [1.807, 2.05) is 12.3 Å². The van der Waals surface area contributed by atoms with Crippen LogP contribution in [0.5, 0.6) is 0 Å². The second-order valence-corrected chi connectivity index (χ2v) is 4.34. The van der Waals surface area contributed by atoms with Crippen molar-refractivity contribution in [1.82, 2.24) is 0 Å². The van der Waals surface area contributed by atoms with Gasteiger partial charge in [-0.05, 0) is 38.2 Å². The number of nitrogens with zero attached hydrogens (tertiary/aromatic N) is 1. The lowest BCUT2D eigenvalue weighted by atomic mass is 9.84. The zero-order chi connectivity index (χ0) is 10.0. The smallest absolute Gasteiger partial charge is 0.0432 e. The van der Waals surface area contributed by atoms with Crippen LogP contribution in [0.1, 0.15) is 32.6 Å². The highest BCUT2D eigenvalue weighted by atomic mass is 14.7. The fraction of sp³-hybridized carbons (Fsp3) is 0.462. The fourth-order valence-corrected chi connectivity index (χ4v) is 2.05. The van der Waals surface area contributed by atoms with E-state index < -0.39 is 0 Å². The van der Waals surface area contributed by atoms with Gasteiger partial charge >= 0.3 is 0 Å². The minimum absolute atomic E-state index is 0.00206. The van der Waals surface area contributed by atoms with E-state index in [4.69, 9.17) is 0 Å². The van der Waals surface area contributed by atoms with Crippen molar-refractivity contribution in [2.45, 2.75) is 32.6 Å². The molecule has 0 aromatic carbocycles. The molecule has 0 aromatic heterocycles. The van der Waals surface area contributed by atoms with Gasteiger partial charge in [0.15, 0.2) is 0 Å². The van der Waals surface area contributed by atoms with Crippen LogP contribution in [0.4, 0.5) is 0 Å². The van der Waals surface area contributed by atoms with Gasteiger partial charge in [-0.3, -0.25) is 4.99 Å². The molecule has 14 heavy (non-hydrogen) atoms. The molecular formula is C13H17N. The third kappa shape index (κ3) is 1.72. The Bertz CT molecular complexity index is 333. The third-order valence-corrected chi connectivity index (χ3v) is 3.07. The Kier molecular flexibility index (Phi) is 2.40. The lowest BCUT2D eigenvalue weighted by Gasteiger charge is -2.20. The molecular weight excluding hydrogens is 170 g/mol. The average molecular weight is 187 g/mol. The first-order chi connectivity index (χ1) is 6.73. The molecule has 0 spiro atoms. The second kappa shape index (κ2) is 3.56. The molecule has 1 heterocycles. The molecule has 0 bridgehead atoms. The maximum absolute atomic E-state index is 4.51. The van der Waals surface area contributed by atoms with Crippen LogP contribution in [0.3, 0.4) is 0 Å². The van der Waals surface area contributed by atoms with E-state index in [9.17, 15) is 0 Å². The van der Waals surface area contributed by atoms with Gasteiger partial charge in [0.2, 0.25) is 0 Å². The molecule has 2 rings (SSSR count). The van der Waals surface area contributed by atoms with E-state index in [1.54, 1.807) is 0 Å². The van der Waals surface area contributed by atoms with Crippen LogP contribution in [0.2, 0.25) is 0 Å². The van der Waals surface area contributed by atoms with E-state index in [2.05, 4.69) is 30.6 Å². The highest BCUT2D eigenvalue weighted by Gasteiger charge is 2.21. The number of hydrogen-bond acceptors (Lipinski definition) is 1. The molecule has 0 aromatic rings. The van der Waals surface area contributed by atoms with Gasteiger partial charge in [0.25, 0.3) is 0 Å². The number of fused-ring (bicyclic) bond motifs is 1. The molecule has 0 radical (unpaired) electrons. The molecule has 2 aliphatic rings. The number of aliphatic imine (C=N–C) groups is 1. The minimum Gasteiger partial charge on any atom is -0.261 e. The predicted molar refractivity (Wildman–Crippen MR) is 61.4 cm³/mol. The Morgan fingerprint density at radius 2 is 2.21 bits per heavy atom. The minimum atomic E-state index is -0.00206. The summed E-state index contributed by atoms with van der Waals surface area (Å²) >= 11 is 0. The molecule has 1 atom stereocenters. The summed E-state index contributed by atoms with van der Waals surface area (Å²) in [5.74, 6) is 0.